The summed E-state index contributed by atoms with van der Waals surface area (Å²) in [4.78, 5) is 110. The van der Waals surface area contributed by atoms with Gasteiger partial charge in [-0.25, -0.2) is 8.42 Å². The van der Waals surface area contributed by atoms with Crippen LogP contribution < -0.4 is 15.4 Å². The first kappa shape index (κ1) is 68.6. The highest BCUT2D eigenvalue weighted by molar-refractivity contribution is 7.90. The number of carbonyl (C=O) groups is 8. The lowest BCUT2D eigenvalue weighted by molar-refractivity contribution is -0.149. The number of carbonyl (C=O) groups excluding carboxylic acids is 8. The van der Waals surface area contributed by atoms with Gasteiger partial charge in [0.2, 0.25) is 33.7 Å². The molecule has 3 N–H and O–H groups in total. The Labute approximate surface area is 470 Å². The van der Waals surface area contributed by atoms with Crippen molar-refractivity contribution in [3.63, 3.8) is 0 Å². The largest absolute Gasteiger partial charge is 0.379 e. The topological polar surface area (TPSA) is 263 Å². The van der Waals surface area contributed by atoms with Crippen LogP contribution in [0.4, 0.5) is 0 Å². The minimum Gasteiger partial charge on any atom is -0.379 e. The first-order chi connectivity index (χ1) is 37.6. The van der Waals surface area contributed by atoms with Crippen molar-refractivity contribution in [1.29, 1.82) is 0 Å². The average Bonchev–Trinajstić information content (AvgIpc) is 4.23. The van der Waals surface area contributed by atoms with E-state index in [2.05, 4.69) is 15.4 Å². The van der Waals surface area contributed by atoms with Crippen LogP contribution in [-0.2, 0) is 78.5 Å². The fourth-order valence-electron chi connectivity index (χ4n) is 10.5. The molecule has 1 aromatic rings. The number of rotatable bonds is 41. The number of likely N-dealkylation sites (tertiary alicyclic amines) is 1. The van der Waals surface area contributed by atoms with E-state index in [9.17, 15) is 46.8 Å². The van der Waals surface area contributed by atoms with E-state index in [1.54, 1.807) is 48.0 Å². The van der Waals surface area contributed by atoms with Crippen LogP contribution in [0.5, 0.6) is 0 Å². The molecule has 0 aromatic heterocycles. The molecule has 79 heavy (non-hydrogen) atoms. The summed E-state index contributed by atoms with van der Waals surface area (Å²) < 4.78 is 56.7. The van der Waals surface area contributed by atoms with E-state index in [0.29, 0.717) is 90.8 Å². The molecule has 9 atom stereocenters. The maximum atomic E-state index is 14.7. The van der Waals surface area contributed by atoms with Crippen LogP contribution in [0.15, 0.2) is 30.3 Å². The van der Waals surface area contributed by atoms with Gasteiger partial charge in [-0.3, -0.25) is 38.4 Å². The first-order valence-electron chi connectivity index (χ1n) is 28.2. The molecule has 448 valence electrons. The van der Waals surface area contributed by atoms with E-state index in [-0.39, 0.29) is 86.5 Å². The standard InChI is InChI=1S/C57H94N6O15S/c1-12-40(6)52(62(9)57(71)45(38(2)3)36-48(66)51(39(4)5)61(8)26-30-77-32-34-78-33-31-76-29-24-58-55(69)43(22-27-64)23-28-65)49(74-10)37-50(67)63-25-16-19-47(63)53(75-11)41(7)54(68)59-46(35-42-17-14-13-15-18-42)56(70)60-79(72,73)44-20-21-44/h13-15,17-18,27-28,38-41,43-47,49,51-53H,12,16,19-26,29-37H2,1-11H3,(H,58,69)(H,59,68)(H,60,70)/t40-,41+,45-,46-,47-,49+,51-,52-,53+/m0/s1. The van der Waals surface area contributed by atoms with E-state index in [0.717, 1.165) is 5.56 Å². The lowest BCUT2D eigenvalue weighted by atomic mass is 9.83. The van der Waals surface area contributed by atoms with Crippen LogP contribution in [0.1, 0.15) is 112 Å². The van der Waals surface area contributed by atoms with Gasteiger partial charge in [-0.1, -0.05) is 85.2 Å². The number of nitrogens with zero attached hydrogens (tertiary/aromatic N) is 3. The number of Topliss-reactive ketones (excluding diaryl/α,β-unsaturated/α-hetero) is 1. The molecule has 1 heterocycles. The smallest absolute Gasteiger partial charge is 0.256 e. The Bertz CT molecular complexity index is 2170. The maximum absolute atomic E-state index is 14.7. The van der Waals surface area contributed by atoms with Gasteiger partial charge in [0, 0.05) is 72.5 Å². The van der Waals surface area contributed by atoms with E-state index in [1.165, 1.54) is 14.2 Å². The second kappa shape index (κ2) is 35.2. The molecule has 3 rings (SSSR count). The highest BCUT2D eigenvalue weighted by Crippen LogP contribution is 2.32. The molecule has 21 nitrogen and oxygen atoms in total. The second-order valence-corrected chi connectivity index (χ2v) is 23.8. The highest BCUT2D eigenvalue weighted by atomic mass is 32.2. The predicted octanol–water partition coefficient (Wildman–Crippen LogP) is 3.39. The summed E-state index contributed by atoms with van der Waals surface area (Å²) >= 11 is 0. The van der Waals surface area contributed by atoms with E-state index in [4.69, 9.17) is 23.7 Å². The van der Waals surface area contributed by atoms with Crippen molar-refractivity contribution in [3.8, 4) is 0 Å². The van der Waals surface area contributed by atoms with Gasteiger partial charge in [0.1, 0.15) is 18.6 Å². The van der Waals surface area contributed by atoms with Crippen LogP contribution in [0.3, 0.4) is 0 Å². The number of benzene rings is 1. The van der Waals surface area contributed by atoms with Crippen molar-refractivity contribution in [3.05, 3.63) is 35.9 Å². The number of amides is 5. The van der Waals surface area contributed by atoms with Gasteiger partial charge in [0.25, 0.3) is 5.91 Å². The van der Waals surface area contributed by atoms with E-state index >= 15 is 0 Å². The summed E-state index contributed by atoms with van der Waals surface area (Å²) in [6, 6.07) is 6.25. The van der Waals surface area contributed by atoms with Crippen molar-refractivity contribution >= 4 is 57.9 Å². The molecule has 22 heteroatoms. The lowest BCUT2D eigenvalue weighted by Crippen LogP contribution is -2.55. The predicted molar refractivity (Wildman–Crippen MR) is 298 cm³/mol. The van der Waals surface area contributed by atoms with Crippen LogP contribution in [0.2, 0.25) is 0 Å². The number of ether oxygens (including phenoxy) is 5. The SMILES string of the molecule is CC[C@H](C)[C@@H]([C@@H](CC(=O)N1CCC[C@H]1[C@H](OC)[C@@H](C)C(=O)N[C@@H](Cc1ccccc1)C(=O)NS(=O)(=O)C1CC1)OC)N(C)C(=O)[C@@H](CC(=O)[C@H](C(C)C)N(C)CCOCCOCCOCCNC(=O)C(CC=O)CC=O)C(C)C. The van der Waals surface area contributed by atoms with Crippen LogP contribution in [0.25, 0.3) is 0 Å². The minimum atomic E-state index is -3.89. The first-order valence-corrected chi connectivity index (χ1v) is 29.8. The third-order valence-corrected chi connectivity index (χ3v) is 17.2. The Balaban J connectivity index is 1.60. The molecule has 0 spiro atoms. The molecule has 0 radical (unpaired) electrons. The summed E-state index contributed by atoms with van der Waals surface area (Å²) in [6.45, 7) is 16.4. The molecule has 0 bridgehead atoms. The van der Waals surface area contributed by atoms with Crippen LogP contribution >= 0.6 is 0 Å². The number of hydrogen-bond donors (Lipinski definition) is 3. The molecular formula is C57H94N6O15S. The number of likely N-dealkylation sites (N-methyl/N-ethyl adjacent to an activating group) is 2. The Kier molecular flexibility index (Phi) is 30.6. The van der Waals surface area contributed by atoms with Gasteiger partial charge in [0.05, 0.1) is 93.5 Å². The Morgan fingerprint density at radius 2 is 1.38 bits per heavy atom. The molecular weight excluding hydrogens is 1040 g/mol. The molecule has 1 aliphatic heterocycles. The fourth-order valence-corrected chi connectivity index (χ4v) is 11.8. The van der Waals surface area contributed by atoms with E-state index < -0.39 is 81.2 Å². The van der Waals surface area contributed by atoms with Crippen molar-refractivity contribution in [2.24, 2.45) is 35.5 Å². The summed E-state index contributed by atoms with van der Waals surface area (Å²) in [6.07, 6.45) is 2.48. The average molecular weight is 1140 g/mol. The van der Waals surface area contributed by atoms with Crippen molar-refractivity contribution in [1.82, 2.24) is 30.1 Å². The number of hydrogen-bond acceptors (Lipinski definition) is 16. The zero-order valence-electron chi connectivity index (χ0n) is 48.9. The molecule has 1 saturated heterocycles. The summed E-state index contributed by atoms with van der Waals surface area (Å²) in [5, 5.41) is 4.82. The Morgan fingerprint density at radius 1 is 0.772 bits per heavy atom. The van der Waals surface area contributed by atoms with Gasteiger partial charge >= 0.3 is 0 Å². The number of sulfonamides is 1. The normalized spacial score (nSPS) is 17.9. The van der Waals surface area contributed by atoms with Gasteiger partial charge in [0.15, 0.2) is 5.78 Å². The summed E-state index contributed by atoms with van der Waals surface area (Å²) in [7, 11) is 2.70. The molecule has 2 aliphatic rings. The fraction of sp³-hybridized carbons (Fsp3) is 0.754. The van der Waals surface area contributed by atoms with Gasteiger partial charge in [-0.2, -0.15) is 0 Å². The molecule has 5 amide bonds. The molecule has 1 aliphatic carbocycles. The zero-order chi connectivity index (χ0) is 58.8. The lowest BCUT2D eigenvalue weighted by Gasteiger charge is -2.41. The summed E-state index contributed by atoms with van der Waals surface area (Å²) in [5.41, 5.74) is 0.725. The maximum Gasteiger partial charge on any atom is 0.256 e. The monoisotopic (exact) mass is 1130 g/mol. The van der Waals surface area contributed by atoms with E-state index in [1.807, 2.05) is 59.6 Å². The number of aldehydes is 2. The molecule has 1 aromatic carbocycles. The number of ketones is 1. The van der Waals surface area contributed by atoms with Crippen molar-refractivity contribution < 1.29 is 70.5 Å². The quantitative estimate of drug-likeness (QED) is 0.0627. The van der Waals surface area contributed by atoms with Crippen LogP contribution in [0, 0.1) is 35.5 Å². The number of methoxy groups -OCH3 is 2. The van der Waals surface area contributed by atoms with Gasteiger partial charge in [-0.05, 0) is 56.0 Å². The number of nitrogens with one attached hydrogen (secondary N) is 3. The Morgan fingerprint density at radius 3 is 1.92 bits per heavy atom. The second-order valence-electron chi connectivity index (χ2n) is 21.9. The molecule has 1 saturated carbocycles. The van der Waals surface area contributed by atoms with Crippen molar-refractivity contribution in [2.75, 3.05) is 87.6 Å². The van der Waals surface area contributed by atoms with Crippen molar-refractivity contribution in [2.45, 2.75) is 154 Å². The third-order valence-electron chi connectivity index (χ3n) is 15.4. The Hall–Kier alpha value is -4.71. The third kappa shape index (κ3) is 21.9. The zero-order valence-corrected chi connectivity index (χ0v) is 49.7. The van der Waals surface area contributed by atoms with Gasteiger partial charge < -0.3 is 53.7 Å². The highest BCUT2D eigenvalue weighted by Gasteiger charge is 2.44. The van der Waals surface area contributed by atoms with Crippen LogP contribution in [-0.4, -0.2) is 200 Å². The molecule has 2 fully saturated rings. The summed E-state index contributed by atoms with van der Waals surface area (Å²) in [5.74, 6) is -4.79. The molecule has 0 unspecified atom stereocenters. The van der Waals surface area contributed by atoms with Gasteiger partial charge in [-0.15, -0.1) is 0 Å². The minimum absolute atomic E-state index is 0.0126.